The van der Waals surface area contributed by atoms with Gasteiger partial charge in [0.25, 0.3) is 5.56 Å². The summed E-state index contributed by atoms with van der Waals surface area (Å²) in [5.41, 5.74) is 3.56. The molecule has 0 unspecified atom stereocenters. The maximum Gasteiger partial charge on any atom is 0.282 e. The van der Waals surface area contributed by atoms with Gasteiger partial charge in [-0.2, -0.15) is 5.10 Å². The standard InChI is InChI=1S/C16H18BrN3O/c1-11-5-3-4-6-13(11)12-7-8-20(10-12)14-9-18-19(2)16(21)15(14)17/h3-6,9,12H,7-8,10H2,1-2H3/t12-/m0/s1. The van der Waals surface area contributed by atoms with E-state index in [-0.39, 0.29) is 5.56 Å². The maximum atomic E-state index is 12.0. The van der Waals surface area contributed by atoms with E-state index in [2.05, 4.69) is 57.1 Å². The van der Waals surface area contributed by atoms with Crippen LogP contribution in [0, 0.1) is 6.92 Å². The van der Waals surface area contributed by atoms with Gasteiger partial charge in [-0.15, -0.1) is 0 Å². The molecule has 1 aliphatic heterocycles. The van der Waals surface area contributed by atoms with Gasteiger partial charge in [0.15, 0.2) is 0 Å². The lowest BCUT2D eigenvalue weighted by molar-refractivity contribution is 0.698. The van der Waals surface area contributed by atoms with Crippen LogP contribution in [0.5, 0.6) is 0 Å². The number of hydrogen-bond donors (Lipinski definition) is 0. The van der Waals surface area contributed by atoms with E-state index in [4.69, 9.17) is 0 Å². The van der Waals surface area contributed by atoms with Crippen molar-refractivity contribution in [2.24, 2.45) is 7.05 Å². The second-order valence-electron chi connectivity index (χ2n) is 5.56. The minimum atomic E-state index is -0.0909. The Morgan fingerprint density at radius 3 is 2.86 bits per heavy atom. The van der Waals surface area contributed by atoms with Crippen LogP contribution in [0.1, 0.15) is 23.5 Å². The lowest BCUT2D eigenvalue weighted by atomic mass is 9.94. The van der Waals surface area contributed by atoms with Crippen molar-refractivity contribution in [1.29, 1.82) is 0 Å². The molecule has 21 heavy (non-hydrogen) atoms. The van der Waals surface area contributed by atoms with Crippen molar-refractivity contribution in [2.75, 3.05) is 18.0 Å². The molecule has 0 spiro atoms. The SMILES string of the molecule is Cc1ccccc1[C@H]1CCN(c2cnn(C)c(=O)c2Br)C1. The summed E-state index contributed by atoms with van der Waals surface area (Å²) in [6, 6.07) is 8.54. The number of rotatable bonds is 2. The zero-order valence-electron chi connectivity index (χ0n) is 12.2. The summed E-state index contributed by atoms with van der Waals surface area (Å²) >= 11 is 3.42. The smallest absolute Gasteiger partial charge is 0.282 e. The Morgan fingerprint density at radius 1 is 1.33 bits per heavy atom. The van der Waals surface area contributed by atoms with Gasteiger partial charge in [0.2, 0.25) is 0 Å². The summed E-state index contributed by atoms with van der Waals surface area (Å²) in [7, 11) is 1.66. The van der Waals surface area contributed by atoms with Gasteiger partial charge >= 0.3 is 0 Å². The zero-order chi connectivity index (χ0) is 15.0. The predicted molar refractivity (Wildman–Crippen MR) is 87.9 cm³/mol. The molecule has 1 atom stereocenters. The molecule has 2 aromatic rings. The van der Waals surface area contributed by atoms with Gasteiger partial charge in [-0.1, -0.05) is 24.3 Å². The number of hydrogen-bond acceptors (Lipinski definition) is 3. The number of aryl methyl sites for hydroxylation is 2. The molecule has 4 nitrogen and oxygen atoms in total. The molecule has 1 saturated heterocycles. The van der Waals surface area contributed by atoms with Crippen LogP contribution in [-0.2, 0) is 7.05 Å². The summed E-state index contributed by atoms with van der Waals surface area (Å²) < 4.78 is 1.95. The van der Waals surface area contributed by atoms with Crippen LogP contribution in [0.2, 0.25) is 0 Å². The van der Waals surface area contributed by atoms with E-state index in [1.165, 1.54) is 15.8 Å². The number of nitrogens with zero attached hydrogens (tertiary/aromatic N) is 3. The fourth-order valence-corrected chi connectivity index (χ4v) is 3.61. The van der Waals surface area contributed by atoms with Crippen LogP contribution in [0.25, 0.3) is 0 Å². The van der Waals surface area contributed by atoms with E-state index in [0.717, 1.165) is 25.2 Å². The van der Waals surface area contributed by atoms with Gasteiger partial charge in [0.1, 0.15) is 4.47 Å². The summed E-state index contributed by atoms with van der Waals surface area (Å²) in [6.07, 6.45) is 2.87. The third-order valence-electron chi connectivity index (χ3n) is 4.22. The summed E-state index contributed by atoms with van der Waals surface area (Å²) in [5.74, 6) is 0.516. The minimum Gasteiger partial charge on any atom is -0.369 e. The van der Waals surface area contributed by atoms with Gasteiger partial charge in [-0.25, -0.2) is 4.68 Å². The monoisotopic (exact) mass is 347 g/mol. The molecule has 0 saturated carbocycles. The molecule has 0 amide bonds. The van der Waals surface area contributed by atoms with Gasteiger partial charge in [-0.05, 0) is 40.4 Å². The number of anilines is 1. The third kappa shape index (κ3) is 2.62. The van der Waals surface area contributed by atoms with Gasteiger partial charge in [0, 0.05) is 26.1 Å². The van der Waals surface area contributed by atoms with Crippen molar-refractivity contribution in [3.63, 3.8) is 0 Å². The van der Waals surface area contributed by atoms with Gasteiger partial charge in [0.05, 0.1) is 11.9 Å². The van der Waals surface area contributed by atoms with Crippen molar-refractivity contribution < 1.29 is 0 Å². The van der Waals surface area contributed by atoms with Crippen LogP contribution < -0.4 is 10.5 Å². The molecular formula is C16H18BrN3O. The molecule has 1 aliphatic rings. The third-order valence-corrected chi connectivity index (χ3v) is 4.96. The molecule has 0 radical (unpaired) electrons. The van der Waals surface area contributed by atoms with Gasteiger partial charge in [-0.3, -0.25) is 4.79 Å². The van der Waals surface area contributed by atoms with Gasteiger partial charge < -0.3 is 4.90 Å². The predicted octanol–water partition coefficient (Wildman–Crippen LogP) is 2.85. The lowest BCUT2D eigenvalue weighted by Crippen LogP contribution is -2.26. The molecule has 110 valence electrons. The van der Waals surface area contributed by atoms with Crippen LogP contribution in [-0.4, -0.2) is 22.9 Å². The summed E-state index contributed by atoms with van der Waals surface area (Å²) in [6.45, 7) is 4.04. The fourth-order valence-electron chi connectivity index (χ4n) is 3.00. The first-order valence-electron chi connectivity index (χ1n) is 7.10. The van der Waals surface area contributed by atoms with Crippen molar-refractivity contribution in [3.05, 3.63) is 56.4 Å². The average Bonchev–Trinajstić information content (AvgIpc) is 2.95. The quantitative estimate of drug-likeness (QED) is 0.838. The zero-order valence-corrected chi connectivity index (χ0v) is 13.8. The van der Waals surface area contributed by atoms with E-state index in [1.807, 2.05) is 0 Å². The Kier molecular flexibility index (Phi) is 3.85. The normalized spacial score (nSPS) is 18.2. The van der Waals surface area contributed by atoms with E-state index in [9.17, 15) is 4.79 Å². The Bertz CT molecular complexity index is 726. The number of benzene rings is 1. The molecule has 2 heterocycles. The number of halogens is 1. The molecule has 0 N–H and O–H groups in total. The van der Waals surface area contributed by atoms with E-state index >= 15 is 0 Å². The first-order valence-corrected chi connectivity index (χ1v) is 7.89. The first-order chi connectivity index (χ1) is 10.1. The molecular weight excluding hydrogens is 330 g/mol. The Morgan fingerprint density at radius 2 is 2.10 bits per heavy atom. The average molecular weight is 348 g/mol. The Hall–Kier alpha value is -1.62. The lowest BCUT2D eigenvalue weighted by Gasteiger charge is -2.20. The molecule has 0 aliphatic carbocycles. The maximum absolute atomic E-state index is 12.0. The molecule has 1 aromatic heterocycles. The van der Waals surface area contributed by atoms with Crippen LogP contribution in [0.4, 0.5) is 5.69 Å². The van der Waals surface area contributed by atoms with E-state index in [0.29, 0.717) is 10.4 Å². The molecule has 3 rings (SSSR count). The van der Waals surface area contributed by atoms with Crippen LogP contribution in [0.3, 0.4) is 0 Å². The molecule has 5 heteroatoms. The van der Waals surface area contributed by atoms with Crippen molar-refractivity contribution in [1.82, 2.24) is 9.78 Å². The highest BCUT2D eigenvalue weighted by Gasteiger charge is 2.27. The first kappa shape index (κ1) is 14.3. The van der Waals surface area contributed by atoms with Crippen LogP contribution >= 0.6 is 15.9 Å². The second kappa shape index (κ2) is 5.64. The van der Waals surface area contributed by atoms with Crippen molar-refractivity contribution >= 4 is 21.6 Å². The molecule has 1 aromatic carbocycles. The topological polar surface area (TPSA) is 38.1 Å². The second-order valence-corrected chi connectivity index (χ2v) is 6.35. The summed E-state index contributed by atoms with van der Waals surface area (Å²) in [4.78, 5) is 14.2. The minimum absolute atomic E-state index is 0.0909. The van der Waals surface area contributed by atoms with Crippen molar-refractivity contribution in [3.8, 4) is 0 Å². The molecule has 1 fully saturated rings. The highest BCUT2D eigenvalue weighted by Crippen LogP contribution is 2.33. The van der Waals surface area contributed by atoms with Crippen molar-refractivity contribution in [2.45, 2.75) is 19.3 Å². The fraction of sp³-hybridized carbons (Fsp3) is 0.375. The Labute approximate surface area is 132 Å². The van der Waals surface area contributed by atoms with E-state index in [1.54, 1.807) is 13.2 Å². The largest absolute Gasteiger partial charge is 0.369 e. The highest BCUT2D eigenvalue weighted by atomic mass is 79.9. The number of aromatic nitrogens is 2. The molecule has 0 bridgehead atoms. The highest BCUT2D eigenvalue weighted by molar-refractivity contribution is 9.10. The Balaban J connectivity index is 1.87. The van der Waals surface area contributed by atoms with E-state index < -0.39 is 0 Å². The van der Waals surface area contributed by atoms with Crippen LogP contribution in [0.15, 0.2) is 39.7 Å². The summed E-state index contributed by atoms with van der Waals surface area (Å²) in [5, 5.41) is 4.13.